The highest BCUT2D eigenvalue weighted by atomic mass is 15.1. The minimum atomic E-state index is -0.150. The van der Waals surface area contributed by atoms with E-state index in [1.807, 2.05) is 0 Å². The lowest BCUT2D eigenvalue weighted by molar-refractivity contribution is 0.569. The van der Waals surface area contributed by atoms with Crippen molar-refractivity contribution in [3.63, 3.8) is 0 Å². The Morgan fingerprint density at radius 3 is 1.36 bits per heavy atom. The Kier molecular flexibility index (Phi) is 11.5. The lowest BCUT2D eigenvalue weighted by atomic mass is 9.78. The fraction of sp³-hybridized carbons (Fsp3) is 0.216. The summed E-state index contributed by atoms with van der Waals surface area (Å²) in [5.41, 5.74) is 19.3. The third-order valence-corrected chi connectivity index (χ3v) is 16.1. The molecule has 0 aliphatic heterocycles. The zero-order valence-electron chi connectivity index (χ0n) is 46.5. The van der Waals surface area contributed by atoms with Gasteiger partial charge in [-0.3, -0.25) is 0 Å². The Labute approximate surface area is 450 Å². The van der Waals surface area contributed by atoms with Crippen LogP contribution < -0.4 is 4.90 Å². The average Bonchev–Trinajstić information content (AvgIpc) is 3.76. The molecule has 0 spiro atoms. The summed E-state index contributed by atoms with van der Waals surface area (Å²) in [7, 11) is 0. The molecule has 1 heterocycles. The Morgan fingerprint density at radius 1 is 0.303 bits per heavy atom. The number of hydrogen-bond donors (Lipinski definition) is 0. The third kappa shape index (κ3) is 8.53. The normalized spacial score (nSPS) is 12.7. The fourth-order valence-electron chi connectivity index (χ4n) is 11.7. The summed E-state index contributed by atoms with van der Waals surface area (Å²) in [5.74, 6) is 0. The number of hydrogen-bond acceptors (Lipinski definition) is 1. The third-order valence-electron chi connectivity index (χ3n) is 16.1. The second-order valence-corrected chi connectivity index (χ2v) is 25.5. The molecule has 0 aliphatic carbocycles. The van der Waals surface area contributed by atoms with E-state index in [0.29, 0.717) is 0 Å². The van der Waals surface area contributed by atoms with E-state index in [9.17, 15) is 0 Å². The van der Waals surface area contributed by atoms with Crippen molar-refractivity contribution in [2.24, 2.45) is 0 Å². The molecule has 0 bridgehead atoms. The molecule has 0 fully saturated rings. The molecule has 0 radical (unpaired) electrons. The predicted molar refractivity (Wildman–Crippen MR) is 330 cm³/mol. The number of benzene rings is 11. The van der Waals surface area contributed by atoms with Gasteiger partial charge in [-0.1, -0.05) is 241 Å². The molecular weight excluding hydrogens is 917 g/mol. The number of nitrogens with zero attached hydrogens (tertiary/aromatic N) is 2. The molecule has 0 atom stereocenters. The summed E-state index contributed by atoms with van der Waals surface area (Å²) in [5, 5.41) is 10.0. The van der Waals surface area contributed by atoms with E-state index in [4.69, 9.17) is 0 Å². The molecule has 1 aromatic heterocycles. The Hall–Kier alpha value is -7.94. The van der Waals surface area contributed by atoms with E-state index >= 15 is 0 Å². The van der Waals surface area contributed by atoms with Crippen LogP contribution in [0.2, 0.25) is 0 Å². The molecule has 12 rings (SSSR count). The summed E-state index contributed by atoms with van der Waals surface area (Å²) < 4.78 is 2.48. The summed E-state index contributed by atoms with van der Waals surface area (Å²) in [6.45, 7) is 28.1. The van der Waals surface area contributed by atoms with Crippen LogP contribution in [-0.2, 0) is 21.7 Å². The second-order valence-electron chi connectivity index (χ2n) is 25.5. The quantitative estimate of drug-likeness (QED) is 0.145. The monoisotopic (exact) mass is 987 g/mol. The molecule has 0 N–H and O–H groups in total. The van der Waals surface area contributed by atoms with Crippen molar-refractivity contribution < 1.29 is 0 Å². The van der Waals surface area contributed by atoms with Gasteiger partial charge in [-0.2, -0.15) is 0 Å². The first kappa shape index (κ1) is 49.0. The van der Waals surface area contributed by atoms with Gasteiger partial charge in [0.2, 0.25) is 0 Å². The van der Waals surface area contributed by atoms with Crippen LogP contribution in [0.4, 0.5) is 17.1 Å². The van der Waals surface area contributed by atoms with Crippen LogP contribution in [0.5, 0.6) is 0 Å². The van der Waals surface area contributed by atoms with Crippen molar-refractivity contribution in [1.29, 1.82) is 0 Å². The zero-order valence-corrected chi connectivity index (χ0v) is 46.5. The minimum absolute atomic E-state index is 0.0323. The molecule has 2 nitrogen and oxygen atoms in total. The van der Waals surface area contributed by atoms with E-state index in [-0.39, 0.29) is 21.7 Å². The van der Waals surface area contributed by atoms with Crippen LogP contribution in [0.3, 0.4) is 0 Å². The maximum absolute atomic E-state index is 2.60. The summed E-state index contributed by atoms with van der Waals surface area (Å²) in [4.78, 5) is 2.60. The molecule has 0 amide bonds. The van der Waals surface area contributed by atoms with Gasteiger partial charge in [0, 0.05) is 32.8 Å². The molecule has 376 valence electrons. The van der Waals surface area contributed by atoms with Crippen molar-refractivity contribution in [2.45, 2.75) is 105 Å². The Bertz CT molecular complexity index is 4090. The molecule has 0 saturated carbocycles. The number of fused-ring (bicyclic) bond motifs is 3. The first-order valence-corrected chi connectivity index (χ1v) is 27.3. The summed E-state index contributed by atoms with van der Waals surface area (Å²) >= 11 is 0. The standard InChI is InChI=1S/C74H70N2/c1-71(2,3)54-34-39-68(63(46-54)49-28-26-48(27-29-49)47-20-14-13-15-21-47)75(58-43-53(42-57(45-58)74(10,11)12)52-40-55(72(4,5)6)44-56(41-52)73(7,8)9)66-37-32-50-31-36-62-67(38-33-51-30-35-61(66)69(50)70(51)62)76-64-24-18-16-22-59(64)60-23-17-19-25-65(60)76/h13-46H,1-12H3. The van der Waals surface area contributed by atoms with Crippen LogP contribution >= 0.6 is 0 Å². The van der Waals surface area contributed by atoms with Crippen LogP contribution in [0.15, 0.2) is 206 Å². The van der Waals surface area contributed by atoms with Crippen molar-refractivity contribution in [3.05, 3.63) is 229 Å². The predicted octanol–water partition coefficient (Wildman–Crippen LogP) is 21.3. The van der Waals surface area contributed by atoms with Gasteiger partial charge in [-0.25, -0.2) is 0 Å². The van der Waals surface area contributed by atoms with Crippen LogP contribution in [0.25, 0.3) is 93.2 Å². The van der Waals surface area contributed by atoms with Gasteiger partial charge in [0.1, 0.15) is 0 Å². The topological polar surface area (TPSA) is 8.17 Å². The SMILES string of the molecule is CC(C)(C)c1cc(-c2cc(C(C)(C)C)cc(C(C)(C)C)c2)cc(N(c2ccc(C(C)(C)C)cc2-c2ccc(-c3ccccc3)cc2)c2ccc3ccc4c(-n5c6ccccc6c6ccccc65)ccc5ccc2c3c54)c1. The maximum Gasteiger partial charge on any atom is 0.0541 e. The van der Waals surface area contributed by atoms with Gasteiger partial charge in [0.05, 0.1) is 28.1 Å². The van der Waals surface area contributed by atoms with Gasteiger partial charge in [-0.05, 0) is 142 Å². The van der Waals surface area contributed by atoms with Gasteiger partial charge >= 0.3 is 0 Å². The van der Waals surface area contributed by atoms with Crippen molar-refractivity contribution in [1.82, 2.24) is 4.57 Å². The van der Waals surface area contributed by atoms with Crippen LogP contribution in [0, 0.1) is 0 Å². The molecule has 0 saturated heterocycles. The molecule has 12 aromatic rings. The molecular formula is C74H70N2. The largest absolute Gasteiger partial charge is 0.309 e. The minimum Gasteiger partial charge on any atom is -0.309 e. The van der Waals surface area contributed by atoms with Gasteiger partial charge in [0.25, 0.3) is 0 Å². The molecule has 2 heteroatoms. The molecule has 0 aliphatic rings. The lowest BCUT2D eigenvalue weighted by Gasteiger charge is -2.33. The smallest absolute Gasteiger partial charge is 0.0541 e. The van der Waals surface area contributed by atoms with Crippen molar-refractivity contribution in [2.75, 3.05) is 4.90 Å². The van der Waals surface area contributed by atoms with Crippen LogP contribution in [0.1, 0.15) is 105 Å². The number of aromatic nitrogens is 1. The lowest BCUT2D eigenvalue weighted by Crippen LogP contribution is -2.18. The highest BCUT2D eigenvalue weighted by molar-refractivity contribution is 6.27. The van der Waals surface area contributed by atoms with Gasteiger partial charge < -0.3 is 9.47 Å². The zero-order chi connectivity index (χ0) is 53.1. The molecule has 76 heavy (non-hydrogen) atoms. The van der Waals surface area contributed by atoms with Crippen LogP contribution in [-0.4, -0.2) is 4.57 Å². The Morgan fingerprint density at radius 2 is 0.763 bits per heavy atom. The van der Waals surface area contributed by atoms with Gasteiger partial charge in [0.15, 0.2) is 0 Å². The number of para-hydroxylation sites is 2. The average molecular weight is 987 g/mol. The van der Waals surface area contributed by atoms with Crippen molar-refractivity contribution >= 4 is 71.2 Å². The van der Waals surface area contributed by atoms with E-state index in [0.717, 1.165) is 17.1 Å². The highest BCUT2D eigenvalue weighted by Gasteiger charge is 2.28. The first-order valence-electron chi connectivity index (χ1n) is 27.3. The second kappa shape index (κ2) is 17.8. The van der Waals surface area contributed by atoms with E-state index in [1.165, 1.54) is 115 Å². The number of rotatable bonds is 7. The highest BCUT2D eigenvalue weighted by Crippen LogP contribution is 2.50. The number of anilines is 3. The van der Waals surface area contributed by atoms with E-state index in [1.54, 1.807) is 0 Å². The van der Waals surface area contributed by atoms with Crippen molar-refractivity contribution in [3.8, 4) is 39.1 Å². The van der Waals surface area contributed by atoms with Gasteiger partial charge in [-0.15, -0.1) is 0 Å². The summed E-state index contributed by atoms with van der Waals surface area (Å²) in [6, 6.07) is 78.5. The van der Waals surface area contributed by atoms with E-state index in [2.05, 4.69) is 299 Å². The Balaban J connectivity index is 1.17. The maximum atomic E-state index is 2.60. The molecule has 0 unspecified atom stereocenters. The first-order chi connectivity index (χ1) is 36.2. The fourth-order valence-corrected chi connectivity index (χ4v) is 11.7. The summed E-state index contributed by atoms with van der Waals surface area (Å²) in [6.07, 6.45) is 0. The van der Waals surface area contributed by atoms with E-state index < -0.39 is 0 Å². The molecule has 11 aromatic carbocycles.